The van der Waals surface area contributed by atoms with Crippen LogP contribution in [0.2, 0.25) is 0 Å². The highest BCUT2D eigenvalue weighted by molar-refractivity contribution is 7.87. The zero-order valence-electron chi connectivity index (χ0n) is 12.4. The van der Waals surface area contributed by atoms with Gasteiger partial charge < -0.3 is 4.74 Å². The summed E-state index contributed by atoms with van der Waals surface area (Å²) in [7, 11) is -1.74. The van der Waals surface area contributed by atoms with Crippen molar-refractivity contribution < 1.29 is 13.2 Å². The lowest BCUT2D eigenvalue weighted by atomic mass is 10.0. The molecule has 0 bridgehead atoms. The first-order valence-corrected chi connectivity index (χ1v) is 8.68. The molecule has 0 aliphatic carbocycles. The average Bonchev–Trinajstić information content (AvgIpc) is 2.49. The Kier molecular flexibility index (Phi) is 6.10. The van der Waals surface area contributed by atoms with E-state index in [2.05, 4.69) is 9.71 Å². The lowest BCUT2D eigenvalue weighted by Gasteiger charge is -2.31. The fourth-order valence-corrected chi connectivity index (χ4v) is 3.90. The number of pyridine rings is 1. The van der Waals surface area contributed by atoms with Crippen LogP contribution in [0.5, 0.6) is 0 Å². The number of nitrogens with one attached hydrogen (secondary N) is 1. The molecule has 1 aromatic rings. The van der Waals surface area contributed by atoms with E-state index in [1.165, 1.54) is 4.31 Å². The Hall–Kier alpha value is -1.02. The minimum Gasteiger partial charge on any atom is -0.384 e. The predicted octanol–water partition coefficient (Wildman–Crippen LogP) is 0.817. The van der Waals surface area contributed by atoms with Crippen LogP contribution >= 0.6 is 0 Å². The lowest BCUT2D eigenvalue weighted by molar-refractivity contribution is 0.118. The first kappa shape index (κ1) is 16.4. The zero-order valence-corrected chi connectivity index (χ0v) is 13.2. The van der Waals surface area contributed by atoms with Gasteiger partial charge in [-0.2, -0.15) is 12.7 Å². The molecule has 1 fully saturated rings. The topological polar surface area (TPSA) is 71.5 Å². The Bertz CT molecular complexity index is 520. The number of aromatic nitrogens is 1. The molecule has 1 unspecified atom stereocenters. The molecular formula is C14H23N3O3S. The van der Waals surface area contributed by atoms with Gasteiger partial charge in [0.25, 0.3) is 10.2 Å². The third kappa shape index (κ3) is 5.03. The summed E-state index contributed by atoms with van der Waals surface area (Å²) in [6.07, 6.45) is 6.00. The lowest BCUT2D eigenvalue weighted by Crippen LogP contribution is -2.47. The molecule has 1 aliphatic heterocycles. The van der Waals surface area contributed by atoms with E-state index in [0.717, 1.165) is 18.4 Å². The molecule has 2 heterocycles. The number of ether oxygens (including phenoxy) is 1. The summed E-state index contributed by atoms with van der Waals surface area (Å²) in [5.41, 5.74) is 1.07. The van der Waals surface area contributed by atoms with Crippen molar-refractivity contribution in [3.05, 3.63) is 30.1 Å². The van der Waals surface area contributed by atoms with Crippen molar-refractivity contribution in [2.24, 2.45) is 5.92 Å². The minimum atomic E-state index is -3.39. The van der Waals surface area contributed by atoms with Gasteiger partial charge in [-0.3, -0.25) is 4.98 Å². The van der Waals surface area contributed by atoms with Gasteiger partial charge in [-0.05, 0) is 42.9 Å². The predicted molar refractivity (Wildman–Crippen MR) is 81.0 cm³/mol. The number of methoxy groups -OCH3 is 1. The standard InChI is InChI=1S/C14H23N3O3S/c1-20-12-14-3-2-10-17(11-14)21(18,19)16-9-6-13-4-7-15-8-5-13/h4-5,7-8,14,16H,2-3,6,9-12H2,1H3. The molecule has 1 aromatic heterocycles. The van der Waals surface area contributed by atoms with Crippen LogP contribution in [0.4, 0.5) is 0 Å². The second kappa shape index (κ2) is 7.84. The van der Waals surface area contributed by atoms with Crippen molar-refractivity contribution in [3.63, 3.8) is 0 Å². The van der Waals surface area contributed by atoms with E-state index in [1.807, 2.05) is 12.1 Å². The van der Waals surface area contributed by atoms with Gasteiger partial charge in [0.15, 0.2) is 0 Å². The highest BCUT2D eigenvalue weighted by Crippen LogP contribution is 2.18. The highest BCUT2D eigenvalue weighted by atomic mass is 32.2. The van der Waals surface area contributed by atoms with E-state index in [4.69, 9.17) is 4.74 Å². The second-order valence-corrected chi connectivity index (χ2v) is 7.08. The van der Waals surface area contributed by atoms with Crippen LogP contribution in [-0.2, 0) is 21.4 Å². The Morgan fingerprint density at radius 3 is 2.90 bits per heavy atom. The Balaban J connectivity index is 1.83. The molecule has 2 rings (SSSR count). The minimum absolute atomic E-state index is 0.292. The maximum Gasteiger partial charge on any atom is 0.279 e. The molecule has 21 heavy (non-hydrogen) atoms. The molecule has 1 aliphatic rings. The van der Waals surface area contributed by atoms with Crippen molar-refractivity contribution >= 4 is 10.2 Å². The SMILES string of the molecule is COCC1CCCN(S(=O)(=O)NCCc2ccncc2)C1. The van der Waals surface area contributed by atoms with Gasteiger partial charge in [-0.1, -0.05) is 0 Å². The smallest absolute Gasteiger partial charge is 0.279 e. The Labute approximate surface area is 126 Å². The molecule has 0 spiro atoms. The molecule has 118 valence electrons. The van der Waals surface area contributed by atoms with Crippen LogP contribution in [0, 0.1) is 5.92 Å². The maximum atomic E-state index is 12.3. The van der Waals surface area contributed by atoms with Crippen molar-refractivity contribution in [2.45, 2.75) is 19.3 Å². The fraction of sp³-hybridized carbons (Fsp3) is 0.643. The number of hydrogen-bond acceptors (Lipinski definition) is 4. The Morgan fingerprint density at radius 2 is 2.19 bits per heavy atom. The molecule has 0 aromatic carbocycles. The summed E-state index contributed by atoms with van der Waals surface area (Å²) < 4.78 is 33.9. The molecule has 1 N–H and O–H groups in total. The average molecular weight is 313 g/mol. The van der Waals surface area contributed by atoms with E-state index in [1.54, 1.807) is 19.5 Å². The molecule has 6 nitrogen and oxygen atoms in total. The molecule has 1 saturated heterocycles. The maximum absolute atomic E-state index is 12.3. The third-order valence-electron chi connectivity index (χ3n) is 3.67. The fourth-order valence-electron chi connectivity index (χ4n) is 2.58. The molecule has 1 atom stereocenters. The first-order valence-electron chi connectivity index (χ1n) is 7.24. The van der Waals surface area contributed by atoms with E-state index in [9.17, 15) is 8.42 Å². The summed E-state index contributed by atoms with van der Waals surface area (Å²) in [6.45, 7) is 2.14. The highest BCUT2D eigenvalue weighted by Gasteiger charge is 2.28. The van der Waals surface area contributed by atoms with E-state index < -0.39 is 10.2 Å². The van der Waals surface area contributed by atoms with E-state index in [0.29, 0.717) is 38.6 Å². The van der Waals surface area contributed by atoms with Gasteiger partial charge in [0, 0.05) is 39.1 Å². The molecule has 0 amide bonds. The van der Waals surface area contributed by atoms with Gasteiger partial charge in [-0.15, -0.1) is 0 Å². The molecule has 0 saturated carbocycles. The van der Waals surface area contributed by atoms with Crippen LogP contribution < -0.4 is 4.72 Å². The van der Waals surface area contributed by atoms with Crippen molar-refractivity contribution in [1.82, 2.24) is 14.0 Å². The van der Waals surface area contributed by atoms with Crippen LogP contribution in [0.3, 0.4) is 0 Å². The second-order valence-electron chi connectivity index (χ2n) is 5.33. The summed E-state index contributed by atoms with van der Waals surface area (Å²) in [4.78, 5) is 3.94. The van der Waals surface area contributed by atoms with Gasteiger partial charge in [0.2, 0.25) is 0 Å². The van der Waals surface area contributed by atoms with Crippen LogP contribution in [-0.4, -0.2) is 51.1 Å². The number of nitrogens with zero attached hydrogens (tertiary/aromatic N) is 2. The van der Waals surface area contributed by atoms with Crippen molar-refractivity contribution in [3.8, 4) is 0 Å². The molecule has 0 radical (unpaired) electrons. The Morgan fingerprint density at radius 1 is 1.43 bits per heavy atom. The zero-order chi connectivity index (χ0) is 15.1. The molecule has 7 heteroatoms. The monoisotopic (exact) mass is 313 g/mol. The van der Waals surface area contributed by atoms with Gasteiger partial charge >= 0.3 is 0 Å². The first-order chi connectivity index (χ1) is 10.1. The van der Waals surface area contributed by atoms with Gasteiger partial charge in [0.05, 0.1) is 6.61 Å². The van der Waals surface area contributed by atoms with Gasteiger partial charge in [-0.25, -0.2) is 4.72 Å². The summed E-state index contributed by atoms with van der Waals surface area (Å²) in [5.74, 6) is 0.292. The van der Waals surface area contributed by atoms with Crippen LogP contribution in [0.1, 0.15) is 18.4 Å². The van der Waals surface area contributed by atoms with Crippen molar-refractivity contribution in [1.29, 1.82) is 0 Å². The van der Waals surface area contributed by atoms with Gasteiger partial charge in [0.1, 0.15) is 0 Å². The number of hydrogen-bond donors (Lipinski definition) is 1. The number of piperidine rings is 1. The summed E-state index contributed by atoms with van der Waals surface area (Å²) in [5, 5.41) is 0. The third-order valence-corrected chi connectivity index (χ3v) is 5.25. The van der Waals surface area contributed by atoms with Crippen LogP contribution in [0.15, 0.2) is 24.5 Å². The largest absolute Gasteiger partial charge is 0.384 e. The quantitative estimate of drug-likeness (QED) is 0.809. The van der Waals surface area contributed by atoms with E-state index >= 15 is 0 Å². The van der Waals surface area contributed by atoms with Crippen LogP contribution in [0.25, 0.3) is 0 Å². The summed E-state index contributed by atoms with van der Waals surface area (Å²) in [6, 6.07) is 3.79. The normalized spacial score (nSPS) is 20.5. The van der Waals surface area contributed by atoms with Crippen molar-refractivity contribution in [2.75, 3.05) is 33.4 Å². The molecular weight excluding hydrogens is 290 g/mol. The van der Waals surface area contributed by atoms with E-state index in [-0.39, 0.29) is 0 Å². The summed E-state index contributed by atoms with van der Waals surface area (Å²) >= 11 is 0. The number of rotatable bonds is 7.